The molecule has 0 fully saturated rings. The van der Waals surface area contributed by atoms with Gasteiger partial charge in [0.1, 0.15) is 12.3 Å². The monoisotopic (exact) mass is 306 g/mol. The van der Waals surface area contributed by atoms with Crippen LogP contribution in [0.1, 0.15) is 10.4 Å². The zero-order valence-electron chi connectivity index (χ0n) is 11.0. The minimum Gasteiger partial charge on any atom is -0.482 e. The predicted octanol–water partition coefficient (Wildman–Crippen LogP) is 1.11. The van der Waals surface area contributed by atoms with Crippen LogP contribution in [0.25, 0.3) is 0 Å². The highest BCUT2D eigenvalue weighted by atomic mass is 19.4. The van der Waals surface area contributed by atoms with Crippen molar-refractivity contribution in [1.29, 1.82) is 0 Å². The topological polar surface area (TPSA) is 90.6 Å². The first-order chi connectivity index (χ1) is 9.73. The van der Waals surface area contributed by atoms with Gasteiger partial charge in [0.05, 0.1) is 18.4 Å². The molecule has 0 aliphatic heterocycles. The van der Waals surface area contributed by atoms with Gasteiger partial charge in [0, 0.05) is 0 Å². The predicted molar refractivity (Wildman–Crippen MR) is 66.8 cm³/mol. The summed E-state index contributed by atoms with van der Waals surface area (Å²) in [6, 6.07) is 3.94. The summed E-state index contributed by atoms with van der Waals surface area (Å²) in [4.78, 5) is 22.4. The Morgan fingerprint density at radius 1 is 1.33 bits per heavy atom. The first kappa shape index (κ1) is 16.6. The minimum atomic E-state index is -4.49. The molecule has 0 saturated carbocycles. The van der Waals surface area contributed by atoms with Crippen LogP contribution in [-0.2, 0) is 9.53 Å². The summed E-state index contributed by atoms with van der Waals surface area (Å²) in [6.07, 6.45) is -4.49. The molecule has 6 nitrogen and oxygen atoms in total. The number of esters is 1. The second-order valence-corrected chi connectivity index (χ2v) is 3.92. The van der Waals surface area contributed by atoms with Crippen molar-refractivity contribution >= 4 is 17.6 Å². The van der Waals surface area contributed by atoms with Crippen LogP contribution < -0.4 is 15.8 Å². The van der Waals surface area contributed by atoms with Crippen LogP contribution >= 0.6 is 0 Å². The fourth-order valence-corrected chi connectivity index (χ4v) is 1.32. The van der Waals surface area contributed by atoms with Crippen LogP contribution in [0.4, 0.5) is 18.9 Å². The Balaban J connectivity index is 2.56. The minimum absolute atomic E-state index is 0.0570. The molecular formula is C12H13F3N2O4. The Kier molecular flexibility index (Phi) is 5.39. The molecule has 116 valence electrons. The van der Waals surface area contributed by atoms with Crippen molar-refractivity contribution in [1.82, 2.24) is 5.32 Å². The molecule has 1 aromatic carbocycles. The van der Waals surface area contributed by atoms with Crippen molar-refractivity contribution in [3.63, 3.8) is 0 Å². The number of nitrogens with two attached hydrogens (primary N) is 1. The number of methoxy groups -OCH3 is 1. The molecule has 9 heteroatoms. The number of alkyl halides is 3. The van der Waals surface area contributed by atoms with Crippen molar-refractivity contribution in [2.45, 2.75) is 6.18 Å². The smallest absolute Gasteiger partial charge is 0.405 e. The molecule has 0 spiro atoms. The molecular weight excluding hydrogens is 293 g/mol. The standard InChI is InChI=1S/C12H13F3N2O4/c1-20-11(19)7-2-3-9(8(16)4-7)21-5-10(18)17-6-12(13,14)15/h2-4H,5-6,16H2,1H3,(H,17,18). The van der Waals surface area contributed by atoms with Crippen LogP contribution in [0.3, 0.4) is 0 Å². The van der Waals surface area contributed by atoms with E-state index in [1.807, 2.05) is 0 Å². The molecule has 0 aliphatic rings. The molecule has 1 rings (SSSR count). The van der Waals surface area contributed by atoms with E-state index in [2.05, 4.69) is 4.74 Å². The fraction of sp³-hybridized carbons (Fsp3) is 0.333. The highest BCUT2D eigenvalue weighted by Gasteiger charge is 2.27. The number of hydrogen-bond acceptors (Lipinski definition) is 5. The second kappa shape index (κ2) is 6.82. The summed E-state index contributed by atoms with van der Waals surface area (Å²) in [7, 11) is 1.20. The van der Waals surface area contributed by atoms with Crippen LogP contribution in [0.2, 0.25) is 0 Å². The van der Waals surface area contributed by atoms with E-state index >= 15 is 0 Å². The average molecular weight is 306 g/mol. The fourth-order valence-electron chi connectivity index (χ4n) is 1.32. The number of halogens is 3. The van der Waals surface area contributed by atoms with Gasteiger partial charge in [-0.3, -0.25) is 4.79 Å². The zero-order valence-corrected chi connectivity index (χ0v) is 11.0. The average Bonchev–Trinajstić information content (AvgIpc) is 2.42. The summed E-state index contributed by atoms with van der Waals surface area (Å²) in [6.45, 7) is -2.07. The summed E-state index contributed by atoms with van der Waals surface area (Å²) >= 11 is 0. The van der Waals surface area contributed by atoms with Crippen LogP contribution in [0.5, 0.6) is 5.75 Å². The number of carbonyl (C=O) groups is 2. The first-order valence-electron chi connectivity index (χ1n) is 5.67. The van der Waals surface area contributed by atoms with Crippen molar-refractivity contribution in [2.75, 3.05) is 26.0 Å². The van der Waals surface area contributed by atoms with Crippen LogP contribution in [-0.4, -0.2) is 38.3 Å². The molecule has 0 bridgehead atoms. The van der Waals surface area contributed by atoms with Gasteiger partial charge < -0.3 is 20.5 Å². The third-order valence-corrected chi connectivity index (χ3v) is 2.28. The van der Waals surface area contributed by atoms with E-state index in [9.17, 15) is 22.8 Å². The van der Waals surface area contributed by atoms with Crippen LogP contribution in [0, 0.1) is 0 Å². The number of hydrogen-bond donors (Lipinski definition) is 2. The van der Waals surface area contributed by atoms with Crippen molar-refractivity contribution < 1.29 is 32.2 Å². The molecule has 0 unspecified atom stereocenters. The SMILES string of the molecule is COC(=O)c1ccc(OCC(=O)NCC(F)(F)F)c(N)c1. The Hall–Kier alpha value is -2.45. The lowest BCUT2D eigenvalue weighted by atomic mass is 10.2. The molecule has 1 amide bonds. The van der Waals surface area contributed by atoms with Crippen molar-refractivity contribution in [3.05, 3.63) is 23.8 Å². The number of carbonyl (C=O) groups excluding carboxylic acids is 2. The summed E-state index contributed by atoms with van der Waals surface area (Å²) in [5.41, 5.74) is 5.84. The Labute approximate surface area is 118 Å². The van der Waals surface area contributed by atoms with E-state index in [4.69, 9.17) is 10.5 Å². The van der Waals surface area contributed by atoms with E-state index in [-0.39, 0.29) is 17.0 Å². The number of benzene rings is 1. The lowest BCUT2D eigenvalue weighted by Gasteiger charge is -2.11. The quantitative estimate of drug-likeness (QED) is 0.628. The highest BCUT2D eigenvalue weighted by molar-refractivity contribution is 5.91. The maximum absolute atomic E-state index is 11.9. The largest absolute Gasteiger partial charge is 0.482 e. The van der Waals surface area contributed by atoms with Crippen molar-refractivity contribution in [2.24, 2.45) is 0 Å². The van der Waals surface area contributed by atoms with Gasteiger partial charge in [-0.05, 0) is 18.2 Å². The normalized spacial score (nSPS) is 10.9. The summed E-state index contributed by atoms with van der Waals surface area (Å²) in [5.74, 6) is -1.47. The zero-order chi connectivity index (χ0) is 16.0. The van der Waals surface area contributed by atoms with Gasteiger partial charge in [-0.15, -0.1) is 0 Å². The number of anilines is 1. The van der Waals surface area contributed by atoms with Gasteiger partial charge in [0.2, 0.25) is 0 Å². The van der Waals surface area contributed by atoms with Crippen molar-refractivity contribution in [3.8, 4) is 5.75 Å². The number of ether oxygens (including phenoxy) is 2. The Morgan fingerprint density at radius 2 is 2.00 bits per heavy atom. The number of amides is 1. The van der Waals surface area contributed by atoms with E-state index in [0.717, 1.165) is 0 Å². The molecule has 0 radical (unpaired) electrons. The molecule has 0 saturated heterocycles. The second-order valence-electron chi connectivity index (χ2n) is 3.92. The molecule has 0 heterocycles. The highest BCUT2D eigenvalue weighted by Crippen LogP contribution is 2.22. The molecule has 3 N–H and O–H groups in total. The van der Waals surface area contributed by atoms with Gasteiger partial charge in [0.25, 0.3) is 5.91 Å². The lowest BCUT2D eigenvalue weighted by molar-refractivity contribution is -0.139. The summed E-state index contributed by atoms with van der Waals surface area (Å²) < 4.78 is 45.1. The Bertz CT molecular complexity index is 532. The third kappa shape index (κ3) is 5.59. The number of rotatable bonds is 5. The molecule has 1 aromatic rings. The van der Waals surface area contributed by atoms with Gasteiger partial charge >= 0.3 is 12.1 Å². The molecule has 0 aromatic heterocycles. The first-order valence-corrected chi connectivity index (χ1v) is 5.67. The third-order valence-electron chi connectivity index (χ3n) is 2.28. The number of nitrogen functional groups attached to an aromatic ring is 1. The van der Waals surface area contributed by atoms with E-state index in [1.165, 1.54) is 25.3 Å². The van der Waals surface area contributed by atoms with E-state index < -0.39 is 31.2 Å². The maximum atomic E-state index is 11.9. The van der Waals surface area contributed by atoms with E-state index in [0.29, 0.717) is 0 Å². The Morgan fingerprint density at radius 3 is 2.52 bits per heavy atom. The van der Waals surface area contributed by atoms with Gasteiger partial charge in [-0.2, -0.15) is 13.2 Å². The number of nitrogens with one attached hydrogen (secondary N) is 1. The van der Waals surface area contributed by atoms with Gasteiger partial charge in [0.15, 0.2) is 6.61 Å². The molecule has 21 heavy (non-hydrogen) atoms. The van der Waals surface area contributed by atoms with E-state index in [1.54, 1.807) is 5.32 Å². The van der Waals surface area contributed by atoms with Gasteiger partial charge in [-0.25, -0.2) is 4.79 Å². The lowest BCUT2D eigenvalue weighted by Crippen LogP contribution is -2.36. The summed E-state index contributed by atoms with van der Waals surface area (Å²) in [5, 5.41) is 1.65. The molecule has 0 atom stereocenters. The van der Waals surface area contributed by atoms with Crippen LogP contribution in [0.15, 0.2) is 18.2 Å². The van der Waals surface area contributed by atoms with Gasteiger partial charge in [-0.1, -0.05) is 0 Å². The molecule has 0 aliphatic carbocycles. The maximum Gasteiger partial charge on any atom is 0.405 e.